The van der Waals surface area contributed by atoms with Crippen molar-refractivity contribution in [3.05, 3.63) is 0 Å². The van der Waals surface area contributed by atoms with Gasteiger partial charge in [-0.1, -0.05) is 0 Å². The third kappa shape index (κ3) is 1.77. The van der Waals surface area contributed by atoms with Gasteiger partial charge in [-0.2, -0.15) is 0 Å². The Morgan fingerprint density at radius 1 is 1.40 bits per heavy atom. The molecule has 5 heavy (non-hydrogen) atoms. The Kier molecular flexibility index (Phi) is 3.77. The molecule has 0 radical (unpaired) electrons. The van der Waals surface area contributed by atoms with Crippen molar-refractivity contribution in [3.63, 3.8) is 0 Å². The zero-order valence-electron chi connectivity index (χ0n) is 4.62. The van der Waals surface area contributed by atoms with E-state index >= 15 is 0 Å². The van der Waals surface area contributed by atoms with Crippen LogP contribution in [-0.2, 0) is 0 Å². The van der Waals surface area contributed by atoms with Gasteiger partial charge in [-0.05, 0) is 19.5 Å². The molecule has 1 heterocycles. The summed E-state index contributed by atoms with van der Waals surface area (Å²) in [4.78, 5) is 0. The van der Waals surface area contributed by atoms with Gasteiger partial charge in [0.25, 0.3) is 0 Å². The largest absolute Gasteiger partial charge is 1.00 e. The molecule has 0 aromatic heterocycles. The van der Waals surface area contributed by atoms with E-state index in [1.54, 1.807) is 0 Å². The fraction of sp³-hybridized carbons (Fsp3) is 1.00. The predicted molar refractivity (Wildman–Crippen MR) is 18.6 cm³/mol. The second-order valence-corrected chi connectivity index (χ2v) is 1.10. The molecule has 1 rings (SSSR count). The molecular weight excluding hydrogens is 73.0 g/mol. The number of rotatable bonds is 0. The van der Waals surface area contributed by atoms with Crippen LogP contribution in [0.3, 0.4) is 0 Å². The molecule has 1 aliphatic heterocycles. The fourth-order valence-corrected chi connectivity index (χ4v) is 0.177. The summed E-state index contributed by atoms with van der Waals surface area (Å²) in [6.07, 6.45) is 1.39. The second-order valence-electron chi connectivity index (χ2n) is 1.10. The molecular formula is C3H8NNa. The summed E-state index contributed by atoms with van der Waals surface area (Å²) < 4.78 is 0. The molecule has 1 nitrogen and oxygen atoms in total. The minimum absolute atomic E-state index is 0. The van der Waals surface area contributed by atoms with Crippen molar-refractivity contribution in [1.82, 2.24) is 5.32 Å². The molecule has 0 aromatic carbocycles. The van der Waals surface area contributed by atoms with E-state index in [4.69, 9.17) is 0 Å². The van der Waals surface area contributed by atoms with Gasteiger partial charge in [-0.25, -0.2) is 0 Å². The topological polar surface area (TPSA) is 12.0 Å². The van der Waals surface area contributed by atoms with Crippen molar-refractivity contribution < 1.29 is 31.0 Å². The third-order valence-electron chi connectivity index (χ3n) is 0.707. The molecule has 0 amide bonds. The first-order chi connectivity index (χ1) is 2.00. The van der Waals surface area contributed by atoms with Crippen LogP contribution in [0.1, 0.15) is 7.85 Å². The molecule has 0 aliphatic carbocycles. The number of hydrogen-bond donors (Lipinski definition) is 1. The molecule has 0 unspecified atom stereocenters. The Balaban J connectivity index is 0. The smallest absolute Gasteiger partial charge is 1.00 e. The average Bonchev–Trinajstić information content (AvgIpc) is 0.722. The molecule has 0 spiro atoms. The standard InChI is InChI=1S/C3H7N.Na.H/c1-2-4-3-1;;/h4H,1-3H2;;/q;+1;-1. The van der Waals surface area contributed by atoms with E-state index < -0.39 is 0 Å². The van der Waals surface area contributed by atoms with Crippen LogP contribution in [0.15, 0.2) is 0 Å². The van der Waals surface area contributed by atoms with Crippen molar-refractivity contribution in [2.75, 3.05) is 13.1 Å². The average molecular weight is 81.1 g/mol. The van der Waals surface area contributed by atoms with Crippen molar-refractivity contribution >= 4 is 0 Å². The van der Waals surface area contributed by atoms with E-state index in [0.29, 0.717) is 0 Å². The molecule has 1 N–H and O–H groups in total. The molecule has 2 heteroatoms. The first-order valence-corrected chi connectivity index (χ1v) is 1.71. The van der Waals surface area contributed by atoms with Crippen molar-refractivity contribution in [3.8, 4) is 0 Å². The van der Waals surface area contributed by atoms with Gasteiger partial charge in [-0.15, -0.1) is 0 Å². The van der Waals surface area contributed by atoms with E-state index in [1.807, 2.05) is 0 Å². The summed E-state index contributed by atoms with van der Waals surface area (Å²) in [6, 6.07) is 0. The van der Waals surface area contributed by atoms with Gasteiger partial charge in [0.2, 0.25) is 0 Å². The Hall–Kier alpha value is 0.960. The van der Waals surface area contributed by atoms with Crippen LogP contribution in [0.5, 0.6) is 0 Å². The summed E-state index contributed by atoms with van der Waals surface area (Å²) in [6.45, 7) is 2.50. The number of hydrogen-bond acceptors (Lipinski definition) is 1. The summed E-state index contributed by atoms with van der Waals surface area (Å²) in [7, 11) is 0. The van der Waals surface area contributed by atoms with E-state index in [-0.39, 0.29) is 31.0 Å². The molecule has 0 saturated carbocycles. The SMILES string of the molecule is C1CNC1.[H-].[Na+]. The summed E-state index contributed by atoms with van der Waals surface area (Å²) in [5, 5.41) is 3.11. The van der Waals surface area contributed by atoms with Gasteiger partial charge in [0.05, 0.1) is 0 Å². The zero-order chi connectivity index (χ0) is 2.83. The number of nitrogens with one attached hydrogen (secondary N) is 1. The van der Waals surface area contributed by atoms with E-state index in [1.165, 1.54) is 19.5 Å². The maximum absolute atomic E-state index is 3.11. The summed E-state index contributed by atoms with van der Waals surface area (Å²) in [5.41, 5.74) is 0. The maximum atomic E-state index is 3.11. The monoisotopic (exact) mass is 81.1 g/mol. The van der Waals surface area contributed by atoms with Gasteiger partial charge in [0.15, 0.2) is 0 Å². The molecule has 26 valence electrons. The van der Waals surface area contributed by atoms with Crippen LogP contribution in [0.2, 0.25) is 0 Å². The van der Waals surface area contributed by atoms with Gasteiger partial charge in [0.1, 0.15) is 0 Å². The Morgan fingerprint density at radius 3 is 1.60 bits per heavy atom. The second kappa shape index (κ2) is 3.16. The summed E-state index contributed by atoms with van der Waals surface area (Å²) >= 11 is 0. The van der Waals surface area contributed by atoms with E-state index in [0.717, 1.165) is 0 Å². The first-order valence-electron chi connectivity index (χ1n) is 1.71. The fourth-order valence-electron chi connectivity index (χ4n) is 0.177. The maximum Gasteiger partial charge on any atom is 1.00 e. The minimum Gasteiger partial charge on any atom is -1.00 e. The van der Waals surface area contributed by atoms with Crippen molar-refractivity contribution in [2.24, 2.45) is 0 Å². The predicted octanol–water partition coefficient (Wildman–Crippen LogP) is -2.90. The quantitative estimate of drug-likeness (QED) is 0.308. The molecule has 0 atom stereocenters. The van der Waals surface area contributed by atoms with Crippen LogP contribution >= 0.6 is 0 Å². The molecule has 1 saturated heterocycles. The summed E-state index contributed by atoms with van der Waals surface area (Å²) in [5.74, 6) is 0. The van der Waals surface area contributed by atoms with Crippen LogP contribution in [0.4, 0.5) is 0 Å². The van der Waals surface area contributed by atoms with E-state index in [9.17, 15) is 0 Å². The van der Waals surface area contributed by atoms with Crippen molar-refractivity contribution in [2.45, 2.75) is 6.42 Å². The Morgan fingerprint density at radius 2 is 1.60 bits per heavy atom. The van der Waals surface area contributed by atoms with Crippen LogP contribution in [0, 0.1) is 0 Å². The Labute approximate surface area is 55.9 Å². The van der Waals surface area contributed by atoms with E-state index in [2.05, 4.69) is 5.32 Å². The van der Waals surface area contributed by atoms with Crippen LogP contribution in [-0.4, -0.2) is 13.1 Å². The van der Waals surface area contributed by atoms with Crippen LogP contribution in [0.25, 0.3) is 0 Å². The zero-order valence-corrected chi connectivity index (χ0v) is 5.62. The normalized spacial score (nSPS) is 19.2. The van der Waals surface area contributed by atoms with Gasteiger partial charge >= 0.3 is 29.6 Å². The minimum atomic E-state index is 0. The first kappa shape index (κ1) is 5.96. The molecule has 0 aromatic rings. The molecule has 0 bridgehead atoms. The van der Waals surface area contributed by atoms with Gasteiger partial charge in [0, 0.05) is 0 Å². The van der Waals surface area contributed by atoms with Crippen LogP contribution < -0.4 is 34.9 Å². The third-order valence-corrected chi connectivity index (χ3v) is 0.707. The van der Waals surface area contributed by atoms with Gasteiger partial charge < -0.3 is 6.74 Å². The Bertz CT molecular complexity index is 18.8. The molecule has 1 aliphatic rings. The van der Waals surface area contributed by atoms with Gasteiger partial charge in [-0.3, -0.25) is 0 Å². The molecule has 1 fully saturated rings. The van der Waals surface area contributed by atoms with Crippen molar-refractivity contribution in [1.29, 1.82) is 0 Å².